The summed E-state index contributed by atoms with van der Waals surface area (Å²) in [6, 6.07) is 9.01. The van der Waals surface area contributed by atoms with Crippen molar-refractivity contribution in [1.82, 2.24) is 4.98 Å². The summed E-state index contributed by atoms with van der Waals surface area (Å²) in [5.41, 5.74) is 1.02. The minimum atomic E-state index is -1.65. The van der Waals surface area contributed by atoms with Gasteiger partial charge in [0.1, 0.15) is 0 Å². The summed E-state index contributed by atoms with van der Waals surface area (Å²) in [6.07, 6.45) is 1.57. The van der Waals surface area contributed by atoms with E-state index in [1.54, 1.807) is 31.4 Å². The van der Waals surface area contributed by atoms with E-state index in [1.165, 1.54) is 11.8 Å². The van der Waals surface area contributed by atoms with Gasteiger partial charge in [-0.3, -0.25) is 14.5 Å². The fourth-order valence-electron chi connectivity index (χ4n) is 2.67. The van der Waals surface area contributed by atoms with Gasteiger partial charge in [0.2, 0.25) is 0 Å². The molecule has 1 N–H and O–H groups in total. The third-order valence-electron chi connectivity index (χ3n) is 4.38. The molecule has 0 aliphatic carbocycles. The largest absolute Gasteiger partial charge is 0.464 e. The normalized spacial score (nSPS) is 19.5. The summed E-state index contributed by atoms with van der Waals surface area (Å²) < 4.78 is 5.74. The molecule has 1 aromatic carbocycles. The maximum Gasteiger partial charge on any atom is 0.281 e. The van der Waals surface area contributed by atoms with Crippen LogP contribution >= 0.6 is 0 Å². The molecular weight excluding hydrogens is 306 g/mol. The highest BCUT2D eigenvalue weighted by Gasteiger charge is 2.50. The van der Waals surface area contributed by atoms with E-state index in [2.05, 4.69) is 10.3 Å². The van der Waals surface area contributed by atoms with Crippen LogP contribution in [-0.2, 0) is 9.59 Å². The van der Waals surface area contributed by atoms with Crippen molar-refractivity contribution < 1.29 is 14.3 Å². The van der Waals surface area contributed by atoms with E-state index in [1.807, 2.05) is 26.0 Å². The number of rotatable bonds is 2. The third-order valence-corrected chi connectivity index (χ3v) is 4.38. The molecular formula is C18H19N3O3. The molecule has 0 saturated carbocycles. The Bertz CT molecular complexity index is 834. The van der Waals surface area contributed by atoms with Crippen LogP contribution in [0, 0.1) is 13.8 Å². The molecule has 0 saturated heterocycles. The van der Waals surface area contributed by atoms with E-state index in [4.69, 9.17) is 4.74 Å². The number of nitrogens with one attached hydrogen (secondary N) is 1. The van der Waals surface area contributed by atoms with Crippen LogP contribution in [0.1, 0.15) is 18.1 Å². The summed E-state index contributed by atoms with van der Waals surface area (Å²) in [6.45, 7) is 5.36. The number of pyridine rings is 1. The number of amides is 2. The highest BCUT2D eigenvalue weighted by molar-refractivity contribution is 6.19. The first kappa shape index (κ1) is 16.0. The van der Waals surface area contributed by atoms with Gasteiger partial charge in [-0.15, -0.1) is 0 Å². The van der Waals surface area contributed by atoms with Crippen molar-refractivity contribution in [3.8, 4) is 5.75 Å². The van der Waals surface area contributed by atoms with Gasteiger partial charge in [0, 0.05) is 18.9 Å². The summed E-state index contributed by atoms with van der Waals surface area (Å²) in [4.78, 5) is 31.0. The molecule has 1 aromatic heterocycles. The van der Waals surface area contributed by atoms with Crippen LogP contribution < -0.4 is 15.0 Å². The first-order valence-corrected chi connectivity index (χ1v) is 7.64. The van der Waals surface area contributed by atoms with Crippen LogP contribution in [0.2, 0.25) is 0 Å². The van der Waals surface area contributed by atoms with Gasteiger partial charge in [0.05, 0.1) is 0 Å². The van der Waals surface area contributed by atoms with E-state index < -0.39 is 17.4 Å². The Morgan fingerprint density at radius 2 is 2.00 bits per heavy atom. The lowest BCUT2D eigenvalue weighted by atomic mass is 10.0. The molecule has 0 spiro atoms. The van der Waals surface area contributed by atoms with Gasteiger partial charge < -0.3 is 10.1 Å². The molecule has 6 nitrogen and oxygen atoms in total. The van der Waals surface area contributed by atoms with Gasteiger partial charge >= 0.3 is 0 Å². The number of aromatic nitrogens is 1. The lowest BCUT2D eigenvalue weighted by Gasteiger charge is -2.37. The zero-order valence-corrected chi connectivity index (χ0v) is 14.1. The number of nitrogens with zero attached hydrogens (tertiary/aromatic N) is 2. The van der Waals surface area contributed by atoms with Gasteiger partial charge in [-0.05, 0) is 50.1 Å². The Kier molecular flexibility index (Phi) is 3.75. The Morgan fingerprint density at radius 3 is 2.75 bits per heavy atom. The predicted octanol–water partition coefficient (Wildman–Crippen LogP) is 2.45. The number of carbonyl (C=O) groups excluding carboxylic acids is 2. The van der Waals surface area contributed by atoms with Gasteiger partial charge in [0.25, 0.3) is 17.4 Å². The number of hydrogen-bond acceptors (Lipinski definition) is 4. The molecule has 1 atom stereocenters. The number of carbonyl (C=O) groups is 2. The second kappa shape index (κ2) is 5.63. The molecule has 0 bridgehead atoms. The zero-order chi connectivity index (χ0) is 17.5. The molecule has 1 unspecified atom stereocenters. The van der Waals surface area contributed by atoms with Crippen molar-refractivity contribution in [3.05, 3.63) is 47.7 Å². The predicted molar refractivity (Wildman–Crippen MR) is 91.2 cm³/mol. The van der Waals surface area contributed by atoms with Gasteiger partial charge in [-0.25, -0.2) is 4.98 Å². The number of anilines is 2. The summed E-state index contributed by atoms with van der Waals surface area (Å²) >= 11 is 0. The molecule has 124 valence electrons. The van der Waals surface area contributed by atoms with Gasteiger partial charge in [-0.1, -0.05) is 12.1 Å². The van der Waals surface area contributed by atoms with Crippen molar-refractivity contribution in [2.75, 3.05) is 17.3 Å². The van der Waals surface area contributed by atoms with Crippen molar-refractivity contribution >= 4 is 23.3 Å². The van der Waals surface area contributed by atoms with E-state index in [-0.39, 0.29) is 0 Å². The molecule has 1 aliphatic rings. The zero-order valence-electron chi connectivity index (χ0n) is 14.1. The van der Waals surface area contributed by atoms with E-state index in [0.29, 0.717) is 17.3 Å². The lowest BCUT2D eigenvalue weighted by Crippen LogP contribution is -2.60. The summed E-state index contributed by atoms with van der Waals surface area (Å²) in [7, 11) is 1.58. The minimum Gasteiger partial charge on any atom is -0.464 e. The van der Waals surface area contributed by atoms with Crippen LogP contribution in [0.15, 0.2) is 36.5 Å². The minimum absolute atomic E-state index is 0.401. The van der Waals surface area contributed by atoms with Gasteiger partial charge in [0.15, 0.2) is 11.6 Å². The highest BCUT2D eigenvalue weighted by atomic mass is 16.5. The quantitative estimate of drug-likeness (QED) is 0.861. The molecule has 1 aliphatic heterocycles. The van der Waals surface area contributed by atoms with Crippen LogP contribution in [0.5, 0.6) is 5.75 Å². The maximum atomic E-state index is 12.8. The SMILES string of the molecule is Cc1cccc(NC(=O)C2(C)Oc3cccnc3N(C)C2=O)c1C. The van der Waals surface area contributed by atoms with Crippen molar-refractivity contribution in [3.63, 3.8) is 0 Å². The molecule has 2 aromatic rings. The van der Waals surface area contributed by atoms with Crippen molar-refractivity contribution in [2.24, 2.45) is 0 Å². The first-order valence-electron chi connectivity index (χ1n) is 7.64. The maximum absolute atomic E-state index is 12.8. The average molecular weight is 325 g/mol. The number of ether oxygens (including phenoxy) is 1. The average Bonchev–Trinajstić information content (AvgIpc) is 2.57. The van der Waals surface area contributed by atoms with Crippen LogP contribution in [-0.4, -0.2) is 29.4 Å². The van der Waals surface area contributed by atoms with Crippen molar-refractivity contribution in [2.45, 2.75) is 26.4 Å². The Labute approximate surface area is 140 Å². The fourth-order valence-corrected chi connectivity index (χ4v) is 2.67. The molecule has 6 heteroatoms. The summed E-state index contributed by atoms with van der Waals surface area (Å²) in [5, 5.41) is 2.81. The highest BCUT2D eigenvalue weighted by Crippen LogP contribution is 2.35. The lowest BCUT2D eigenvalue weighted by molar-refractivity contribution is -0.145. The number of aryl methyl sites for hydroxylation is 1. The van der Waals surface area contributed by atoms with Crippen LogP contribution in [0.4, 0.5) is 11.5 Å². The van der Waals surface area contributed by atoms with Crippen LogP contribution in [0.3, 0.4) is 0 Å². The number of fused-ring (bicyclic) bond motifs is 1. The number of hydrogen-bond donors (Lipinski definition) is 1. The van der Waals surface area contributed by atoms with E-state index in [9.17, 15) is 9.59 Å². The first-order chi connectivity index (χ1) is 11.3. The van der Waals surface area contributed by atoms with Crippen molar-refractivity contribution in [1.29, 1.82) is 0 Å². The monoisotopic (exact) mass is 325 g/mol. The number of likely N-dealkylation sites (N-methyl/N-ethyl adjacent to an activating group) is 1. The van der Waals surface area contributed by atoms with E-state index in [0.717, 1.165) is 11.1 Å². The van der Waals surface area contributed by atoms with E-state index >= 15 is 0 Å². The van der Waals surface area contributed by atoms with Crippen LogP contribution in [0.25, 0.3) is 0 Å². The summed E-state index contributed by atoms with van der Waals surface area (Å²) in [5.74, 6) is -0.170. The molecule has 24 heavy (non-hydrogen) atoms. The Balaban J connectivity index is 1.94. The third kappa shape index (κ3) is 2.40. The molecule has 2 amide bonds. The standard InChI is InChI=1S/C18H19N3O3/c1-11-7-5-8-13(12(11)2)20-16(22)18(3)17(23)21(4)15-14(24-18)9-6-10-19-15/h5-10H,1-4H3,(H,20,22). The fraction of sp³-hybridized carbons (Fsp3) is 0.278. The second-order valence-electron chi connectivity index (χ2n) is 6.03. The molecule has 0 fully saturated rings. The molecule has 3 rings (SSSR count). The molecule has 2 heterocycles. The Hall–Kier alpha value is -2.89. The smallest absolute Gasteiger partial charge is 0.281 e. The topological polar surface area (TPSA) is 71.5 Å². The Morgan fingerprint density at radius 1 is 1.25 bits per heavy atom. The second-order valence-corrected chi connectivity index (χ2v) is 6.03. The molecule has 0 radical (unpaired) electrons. The number of benzene rings is 1. The van der Waals surface area contributed by atoms with Gasteiger partial charge in [-0.2, -0.15) is 0 Å².